The van der Waals surface area contributed by atoms with Crippen LogP contribution in [0.5, 0.6) is 0 Å². The summed E-state index contributed by atoms with van der Waals surface area (Å²) in [6, 6.07) is 2.48. The Balaban J connectivity index is 2.72. The Morgan fingerprint density at radius 2 is 2.36 bits per heavy atom. The van der Waals surface area contributed by atoms with Gasteiger partial charge in [0.2, 0.25) is 5.91 Å². The fourth-order valence-electron chi connectivity index (χ4n) is 2.22. The van der Waals surface area contributed by atoms with Gasteiger partial charge in [-0.25, -0.2) is 0 Å². The van der Waals surface area contributed by atoms with E-state index in [0.29, 0.717) is 0 Å². The Morgan fingerprint density at radius 1 is 1.64 bits per heavy atom. The summed E-state index contributed by atoms with van der Waals surface area (Å²) in [6.45, 7) is 4.45. The quantitative estimate of drug-likeness (QED) is 0.674. The zero-order valence-corrected chi connectivity index (χ0v) is 8.99. The largest absolute Gasteiger partial charge is 0.339 e. The van der Waals surface area contributed by atoms with E-state index < -0.39 is 0 Å². The van der Waals surface area contributed by atoms with Crippen LogP contribution < -0.4 is 0 Å². The summed E-state index contributed by atoms with van der Waals surface area (Å²) in [5, 5.41) is 8.99. The lowest BCUT2D eigenvalue weighted by molar-refractivity contribution is -0.133. The van der Waals surface area contributed by atoms with Crippen LogP contribution in [-0.2, 0) is 4.79 Å². The van der Waals surface area contributed by atoms with E-state index in [9.17, 15) is 4.79 Å². The Morgan fingerprint density at radius 3 is 2.86 bits per heavy atom. The molecule has 0 aromatic carbocycles. The molecule has 14 heavy (non-hydrogen) atoms. The van der Waals surface area contributed by atoms with Gasteiger partial charge in [0.15, 0.2) is 0 Å². The standard InChI is InChI=1S/C11H18N2O/c1-3-10(8-12)11-6-4-5-7-13(11)9(2)14/h10-11H,3-7H2,1-2H3. The zero-order valence-electron chi connectivity index (χ0n) is 8.99. The highest BCUT2D eigenvalue weighted by atomic mass is 16.2. The van der Waals surface area contributed by atoms with Crippen LogP contribution in [-0.4, -0.2) is 23.4 Å². The van der Waals surface area contributed by atoms with Gasteiger partial charge in [-0.1, -0.05) is 6.92 Å². The van der Waals surface area contributed by atoms with Crippen molar-refractivity contribution in [2.24, 2.45) is 5.92 Å². The molecule has 1 heterocycles. The van der Waals surface area contributed by atoms with Crippen molar-refractivity contribution in [3.63, 3.8) is 0 Å². The number of nitriles is 1. The molecule has 3 heteroatoms. The molecular weight excluding hydrogens is 176 g/mol. The van der Waals surface area contributed by atoms with Gasteiger partial charge in [0.05, 0.1) is 12.0 Å². The molecule has 2 unspecified atom stereocenters. The fourth-order valence-corrected chi connectivity index (χ4v) is 2.22. The molecule has 0 aromatic rings. The predicted octanol–water partition coefficient (Wildman–Crippen LogP) is 1.94. The summed E-state index contributed by atoms with van der Waals surface area (Å²) in [5.41, 5.74) is 0. The molecule has 1 aliphatic rings. The summed E-state index contributed by atoms with van der Waals surface area (Å²) in [7, 11) is 0. The van der Waals surface area contributed by atoms with Gasteiger partial charge in [-0.05, 0) is 25.7 Å². The Hall–Kier alpha value is -1.04. The van der Waals surface area contributed by atoms with Crippen LogP contribution in [0, 0.1) is 17.2 Å². The van der Waals surface area contributed by atoms with Gasteiger partial charge in [-0.2, -0.15) is 5.26 Å². The number of hydrogen-bond acceptors (Lipinski definition) is 2. The molecule has 3 nitrogen and oxygen atoms in total. The molecule has 1 saturated heterocycles. The summed E-state index contributed by atoms with van der Waals surface area (Å²) >= 11 is 0. The lowest BCUT2D eigenvalue weighted by Crippen LogP contribution is -2.46. The maximum atomic E-state index is 11.4. The molecule has 0 N–H and O–H groups in total. The average molecular weight is 194 g/mol. The first-order valence-corrected chi connectivity index (χ1v) is 5.37. The van der Waals surface area contributed by atoms with E-state index in [1.54, 1.807) is 6.92 Å². The summed E-state index contributed by atoms with van der Waals surface area (Å²) in [4.78, 5) is 13.2. The first-order chi connectivity index (χ1) is 6.70. The molecule has 1 amide bonds. The molecule has 0 saturated carbocycles. The van der Waals surface area contributed by atoms with E-state index in [4.69, 9.17) is 5.26 Å². The smallest absolute Gasteiger partial charge is 0.219 e. The Kier molecular flexibility index (Phi) is 3.94. The summed E-state index contributed by atoms with van der Waals surface area (Å²) < 4.78 is 0. The van der Waals surface area contributed by atoms with Gasteiger partial charge < -0.3 is 4.90 Å². The molecule has 1 rings (SSSR count). The highest BCUT2D eigenvalue weighted by Gasteiger charge is 2.30. The second-order valence-electron chi connectivity index (χ2n) is 3.92. The van der Waals surface area contributed by atoms with Crippen LogP contribution >= 0.6 is 0 Å². The van der Waals surface area contributed by atoms with Crippen molar-refractivity contribution in [2.45, 2.75) is 45.6 Å². The van der Waals surface area contributed by atoms with E-state index in [-0.39, 0.29) is 17.9 Å². The normalized spacial score (nSPS) is 24.1. The second kappa shape index (κ2) is 4.99. The number of carbonyl (C=O) groups is 1. The number of piperidine rings is 1. The highest BCUT2D eigenvalue weighted by Crippen LogP contribution is 2.24. The first kappa shape index (κ1) is 11.0. The number of likely N-dealkylation sites (tertiary alicyclic amines) is 1. The SMILES string of the molecule is CCC(C#N)C1CCCCN1C(C)=O. The van der Waals surface area contributed by atoms with Crippen molar-refractivity contribution >= 4 is 5.91 Å². The van der Waals surface area contributed by atoms with Gasteiger partial charge in [-0.3, -0.25) is 4.79 Å². The number of carbonyl (C=O) groups excluding carboxylic acids is 1. The molecule has 1 aliphatic heterocycles. The van der Waals surface area contributed by atoms with Gasteiger partial charge in [-0.15, -0.1) is 0 Å². The molecule has 0 radical (unpaired) electrons. The summed E-state index contributed by atoms with van der Waals surface area (Å²) in [5.74, 6) is 0.127. The number of amides is 1. The molecule has 78 valence electrons. The molecule has 0 bridgehead atoms. The predicted molar refractivity (Wildman–Crippen MR) is 54.4 cm³/mol. The minimum absolute atomic E-state index is 0.0131. The lowest BCUT2D eigenvalue weighted by Gasteiger charge is -2.37. The van der Waals surface area contributed by atoms with Crippen molar-refractivity contribution in [3.05, 3.63) is 0 Å². The first-order valence-electron chi connectivity index (χ1n) is 5.37. The molecule has 0 spiro atoms. The van der Waals surface area contributed by atoms with Crippen LogP contribution in [0.1, 0.15) is 39.5 Å². The van der Waals surface area contributed by atoms with Crippen LogP contribution in [0.2, 0.25) is 0 Å². The van der Waals surface area contributed by atoms with Gasteiger partial charge in [0, 0.05) is 19.5 Å². The third-order valence-corrected chi connectivity index (χ3v) is 3.02. The zero-order chi connectivity index (χ0) is 10.6. The maximum absolute atomic E-state index is 11.4. The van der Waals surface area contributed by atoms with Crippen molar-refractivity contribution < 1.29 is 4.79 Å². The van der Waals surface area contributed by atoms with Gasteiger partial charge in [0.25, 0.3) is 0 Å². The minimum Gasteiger partial charge on any atom is -0.339 e. The summed E-state index contributed by atoms with van der Waals surface area (Å²) in [6.07, 6.45) is 4.06. The highest BCUT2D eigenvalue weighted by molar-refractivity contribution is 5.73. The third-order valence-electron chi connectivity index (χ3n) is 3.02. The van der Waals surface area contributed by atoms with Crippen LogP contribution in [0.25, 0.3) is 0 Å². The van der Waals surface area contributed by atoms with Crippen LogP contribution in [0.15, 0.2) is 0 Å². The maximum Gasteiger partial charge on any atom is 0.219 e. The van der Waals surface area contributed by atoms with Crippen LogP contribution in [0.3, 0.4) is 0 Å². The van der Waals surface area contributed by atoms with Crippen LogP contribution in [0.4, 0.5) is 0 Å². The molecule has 1 fully saturated rings. The molecule has 0 aromatic heterocycles. The van der Waals surface area contributed by atoms with E-state index in [0.717, 1.165) is 32.2 Å². The van der Waals surface area contributed by atoms with Gasteiger partial charge in [0.1, 0.15) is 0 Å². The minimum atomic E-state index is 0.0131. The van der Waals surface area contributed by atoms with E-state index in [1.807, 2.05) is 11.8 Å². The van der Waals surface area contributed by atoms with Crippen molar-refractivity contribution in [3.8, 4) is 6.07 Å². The monoisotopic (exact) mass is 194 g/mol. The average Bonchev–Trinajstić information content (AvgIpc) is 2.20. The topological polar surface area (TPSA) is 44.1 Å². The Labute approximate surface area is 85.7 Å². The van der Waals surface area contributed by atoms with Gasteiger partial charge >= 0.3 is 0 Å². The number of rotatable bonds is 2. The van der Waals surface area contributed by atoms with Crippen molar-refractivity contribution in [1.29, 1.82) is 5.26 Å². The van der Waals surface area contributed by atoms with E-state index in [2.05, 4.69) is 6.07 Å². The molecule has 2 atom stereocenters. The van der Waals surface area contributed by atoms with Crippen molar-refractivity contribution in [1.82, 2.24) is 4.90 Å². The number of hydrogen-bond donors (Lipinski definition) is 0. The van der Waals surface area contributed by atoms with E-state index in [1.165, 1.54) is 0 Å². The Bertz CT molecular complexity index is 244. The second-order valence-corrected chi connectivity index (χ2v) is 3.92. The van der Waals surface area contributed by atoms with Crippen molar-refractivity contribution in [2.75, 3.05) is 6.54 Å². The van der Waals surface area contributed by atoms with E-state index >= 15 is 0 Å². The molecule has 0 aliphatic carbocycles. The lowest BCUT2D eigenvalue weighted by atomic mass is 9.89. The fraction of sp³-hybridized carbons (Fsp3) is 0.818. The molecular formula is C11H18N2O. The third kappa shape index (κ3) is 2.25. The number of nitrogens with zero attached hydrogens (tertiary/aromatic N) is 2.